The molecule has 5 rings (SSSR count). The van der Waals surface area contributed by atoms with Crippen molar-refractivity contribution in [2.45, 2.75) is 170 Å². The minimum atomic E-state index is -1.98. The van der Waals surface area contributed by atoms with Gasteiger partial charge in [-0.3, -0.25) is 67.1 Å². The summed E-state index contributed by atoms with van der Waals surface area (Å²) in [6.07, 6.45) is -2.51. The van der Waals surface area contributed by atoms with Crippen molar-refractivity contribution in [3.63, 3.8) is 0 Å². The summed E-state index contributed by atoms with van der Waals surface area (Å²) in [6, 6.07) is 14.0. The van der Waals surface area contributed by atoms with Gasteiger partial charge in [-0.1, -0.05) is 121 Å². The minimum Gasteiger partial charge on any atom is -0.394 e. The van der Waals surface area contributed by atoms with Gasteiger partial charge in [0.05, 0.1) is 36.6 Å². The minimum absolute atomic E-state index is 0.0469. The van der Waals surface area contributed by atoms with Crippen LogP contribution in [0.15, 0.2) is 121 Å². The molecule has 0 aliphatic rings. The number of carbonyl (C=O) groups excluding carboxylic acids is 14. The van der Waals surface area contributed by atoms with Crippen LogP contribution in [-0.2, 0) is 92.8 Å². The van der Waals surface area contributed by atoms with Gasteiger partial charge in [-0.2, -0.15) is 12.6 Å². The van der Waals surface area contributed by atoms with Gasteiger partial charge in [0, 0.05) is 55.5 Å². The van der Waals surface area contributed by atoms with Crippen molar-refractivity contribution in [2.75, 3.05) is 25.4 Å². The molecule has 14 amide bonds. The van der Waals surface area contributed by atoms with E-state index in [1.807, 2.05) is 0 Å². The molecule has 0 unspecified atom stereocenters. The van der Waals surface area contributed by atoms with E-state index < -0.39 is 174 Å². The van der Waals surface area contributed by atoms with Crippen molar-refractivity contribution in [3.8, 4) is 0 Å². The first kappa shape index (κ1) is 87.2. The zero-order valence-electron chi connectivity index (χ0n) is 59.4. The number of para-hydroxylation sites is 1. The number of aliphatic hydroxyl groups is 3. The second kappa shape index (κ2) is 44.5. The zero-order chi connectivity index (χ0) is 78.9. The van der Waals surface area contributed by atoms with Crippen molar-refractivity contribution in [1.29, 1.82) is 0 Å². The van der Waals surface area contributed by atoms with Crippen molar-refractivity contribution >= 4 is 124 Å². The Bertz CT molecular complexity index is 3880. The maximum absolute atomic E-state index is 15.3. The lowest BCUT2D eigenvalue weighted by Gasteiger charge is -2.29. The first-order valence-electron chi connectivity index (χ1n) is 34.6. The second-order valence-corrected chi connectivity index (χ2v) is 26.0. The number of nitrogens with zero attached hydrogens (tertiary/aromatic N) is 1. The summed E-state index contributed by atoms with van der Waals surface area (Å²) in [6.45, 7) is 2.29. The van der Waals surface area contributed by atoms with Gasteiger partial charge in [0.2, 0.25) is 70.9 Å². The van der Waals surface area contributed by atoms with Crippen LogP contribution in [0.25, 0.3) is 10.9 Å². The van der Waals surface area contributed by atoms with E-state index in [2.05, 4.69) is 83.0 Å². The standard InChI is InChI=1S/C72H96N16O17S2/c1-40(90)60(70(103)84-54(33-45-23-11-6-12-24-45)69(102)87-61(41(2)91)71(104)85-57(37-89)72(105)88(42(3)92)59(94)39-107)86-64(97)51(28-16-18-30-74)79-67(100)55(34-46-36-77-49-26-14-13-25-47(46)49)82-66(99)53(32-44-21-9-5-10-22-44)80-65(98)52(31-43-19-7-4-8-20-43)81-68(101)56(35-58(76)93)83-63(96)50(27-15-17-29-73)78-62(95)48(75)38-106/h4-14,19-26,36,39-41,48,50-57,60-61,77,89-91,106H,15-18,27-35,37-38,73-75H2,1-3H3,(H2,76,93)(H,78,95)(H,79,100)(H,80,98)(H,81,101)(H,82,99)(H,83,96)(H,84,103)(H,85,104)(H,86,97)(H,87,102)/t40-,41-,48+,50+,51+,52+,53+,54+,55+,56+,57+,60+,61+/m1/s1. The molecule has 0 aliphatic carbocycles. The lowest BCUT2D eigenvalue weighted by atomic mass is 10.00. The molecule has 107 heavy (non-hydrogen) atoms. The van der Waals surface area contributed by atoms with E-state index in [4.69, 9.17) is 22.9 Å². The fraction of sp³-hybridized carbons (Fsp3) is 0.431. The Hall–Kier alpha value is -10.4. The number of benzene rings is 4. The number of amides is 14. The van der Waals surface area contributed by atoms with Crippen LogP contribution in [0.3, 0.4) is 0 Å². The number of hydrogen-bond donors (Lipinski definition) is 19. The predicted octanol–water partition coefficient (Wildman–Crippen LogP) is -3.67. The number of primary amides is 1. The molecule has 13 atom stereocenters. The number of rotatable bonds is 44. The quantitative estimate of drug-likeness (QED) is 0.0101. The van der Waals surface area contributed by atoms with Crippen molar-refractivity contribution in [1.82, 2.24) is 63.1 Å². The van der Waals surface area contributed by atoms with Gasteiger partial charge in [0.15, 0.2) is 0 Å². The molecule has 4 aromatic carbocycles. The normalized spacial score (nSPS) is 14.7. The first-order chi connectivity index (χ1) is 51.0. The summed E-state index contributed by atoms with van der Waals surface area (Å²) in [5, 5.41) is 58.5. The van der Waals surface area contributed by atoms with Gasteiger partial charge in [-0.05, 0) is 93.8 Å². The van der Waals surface area contributed by atoms with Gasteiger partial charge in [0.1, 0.15) is 60.4 Å². The first-order valence-corrected chi connectivity index (χ1v) is 35.7. The molecule has 1 aromatic heterocycles. The number of thiol groups is 1. The molecule has 0 fully saturated rings. The molecule has 0 aliphatic heterocycles. The van der Waals surface area contributed by atoms with Crippen LogP contribution < -0.4 is 76.1 Å². The third-order valence-corrected chi connectivity index (χ3v) is 17.6. The molecule has 0 saturated carbocycles. The van der Waals surface area contributed by atoms with E-state index in [0.29, 0.717) is 57.8 Å². The third kappa shape index (κ3) is 27.8. The van der Waals surface area contributed by atoms with Gasteiger partial charge < -0.3 is 96.4 Å². The molecule has 22 N–H and O–H groups in total. The fourth-order valence-electron chi connectivity index (χ4n) is 11.2. The van der Waals surface area contributed by atoms with Gasteiger partial charge in [-0.15, -0.1) is 0 Å². The van der Waals surface area contributed by atoms with Crippen LogP contribution >= 0.6 is 24.8 Å². The Kier molecular flexibility index (Phi) is 36.3. The van der Waals surface area contributed by atoms with Crippen LogP contribution in [0.5, 0.6) is 0 Å². The number of nitrogens with one attached hydrogen (secondary N) is 11. The number of carbonyl (C=O) groups is 14. The van der Waals surface area contributed by atoms with Crippen LogP contribution in [0, 0.1) is 0 Å². The Morgan fingerprint density at radius 2 is 0.841 bits per heavy atom. The highest BCUT2D eigenvalue weighted by Crippen LogP contribution is 2.21. The van der Waals surface area contributed by atoms with Gasteiger partial charge in [-0.25, -0.2) is 4.90 Å². The predicted molar refractivity (Wildman–Crippen MR) is 400 cm³/mol. The third-order valence-electron chi connectivity index (χ3n) is 17.0. The molecule has 35 heteroatoms. The van der Waals surface area contributed by atoms with Gasteiger partial charge in [0.25, 0.3) is 11.8 Å². The monoisotopic (exact) mass is 1520 g/mol. The van der Waals surface area contributed by atoms with Crippen molar-refractivity contribution < 1.29 is 82.4 Å². The van der Waals surface area contributed by atoms with E-state index in [9.17, 15) is 68.1 Å². The highest BCUT2D eigenvalue weighted by Gasteiger charge is 2.40. The molecule has 578 valence electrons. The number of imide groups is 3. The number of aromatic nitrogens is 1. The largest absolute Gasteiger partial charge is 0.394 e. The van der Waals surface area contributed by atoms with E-state index in [-0.39, 0.29) is 68.7 Å². The van der Waals surface area contributed by atoms with Crippen molar-refractivity contribution in [2.24, 2.45) is 22.9 Å². The lowest BCUT2D eigenvalue weighted by Crippen LogP contribution is -2.63. The molecule has 0 saturated heterocycles. The molecular weight excluding hydrogens is 1430 g/mol. The van der Waals surface area contributed by atoms with E-state index >= 15 is 14.4 Å². The number of aromatic amines is 1. The molecule has 0 spiro atoms. The Labute approximate surface area is 628 Å². The Morgan fingerprint density at radius 3 is 1.24 bits per heavy atom. The molecule has 5 aromatic rings. The van der Waals surface area contributed by atoms with E-state index in [0.717, 1.165) is 20.8 Å². The molecule has 1 heterocycles. The van der Waals surface area contributed by atoms with E-state index in [1.165, 1.54) is 0 Å². The van der Waals surface area contributed by atoms with Crippen LogP contribution in [0.1, 0.15) is 88.0 Å². The Morgan fingerprint density at radius 1 is 0.486 bits per heavy atom. The average Bonchev–Trinajstić information content (AvgIpc) is 1.81. The van der Waals surface area contributed by atoms with Gasteiger partial charge >= 0.3 is 0 Å². The van der Waals surface area contributed by atoms with Crippen LogP contribution in [-0.4, -0.2) is 217 Å². The molecule has 0 radical (unpaired) electrons. The number of fused-ring (bicyclic) bond motifs is 1. The summed E-state index contributed by atoms with van der Waals surface area (Å²) in [5.74, 6) is -15.1. The molecular formula is C72H96N16O17S2. The average molecular weight is 1520 g/mol. The highest BCUT2D eigenvalue weighted by atomic mass is 32.1. The summed E-state index contributed by atoms with van der Waals surface area (Å²) in [4.78, 5) is 198. The summed E-state index contributed by atoms with van der Waals surface area (Å²) in [7, 11) is 0. The van der Waals surface area contributed by atoms with E-state index in [1.54, 1.807) is 121 Å². The maximum atomic E-state index is 15.3. The number of hydrogen-bond acceptors (Lipinski definition) is 22. The number of aliphatic hydroxyl groups excluding tert-OH is 3. The molecule has 33 nitrogen and oxygen atoms in total. The number of H-pyrrole nitrogens is 1. The zero-order valence-corrected chi connectivity index (χ0v) is 61.1. The number of unbranched alkanes of at least 4 members (excludes halogenated alkanes) is 2. The maximum Gasteiger partial charge on any atom is 0.270 e. The highest BCUT2D eigenvalue weighted by molar-refractivity contribution is 7.80. The SMILES string of the molecule is CC(=O)N(C(=O)C=S)C(=O)[C@H](CO)NC(=O)[C@@H](NC(=O)[C@H](Cc1ccccc1)NC(=O)[C@@H](NC(=O)[C@H](CCCCN)NC(=O)[C@H](Cc1c[nH]c2ccccc12)NC(=O)[C@H](Cc1ccccc1)NC(=O)[C@H](Cc1ccccc1)NC(=O)[C@H](CC(N)=O)NC(=O)[C@H](CCCCN)NC(=O)[C@@H](N)CS)[C@@H](C)O)[C@@H](C)O. The lowest BCUT2D eigenvalue weighted by molar-refractivity contribution is -0.153. The summed E-state index contributed by atoms with van der Waals surface area (Å²) in [5.41, 5.74) is 25.7. The van der Waals surface area contributed by atoms with Crippen LogP contribution in [0.4, 0.5) is 0 Å². The number of nitrogens with two attached hydrogens (primary N) is 4. The number of thiocarbonyl (C=S) groups is 1. The fourth-order valence-corrected chi connectivity index (χ4v) is 11.5. The molecule has 0 bridgehead atoms. The summed E-state index contributed by atoms with van der Waals surface area (Å²) >= 11 is 8.64. The second-order valence-electron chi connectivity index (χ2n) is 25.4. The topological polar surface area (TPSA) is 543 Å². The summed E-state index contributed by atoms with van der Waals surface area (Å²) < 4.78 is 0. The Balaban J connectivity index is 1.48. The smallest absolute Gasteiger partial charge is 0.270 e. The van der Waals surface area contributed by atoms with Crippen LogP contribution in [0.2, 0.25) is 0 Å². The van der Waals surface area contributed by atoms with Crippen molar-refractivity contribution in [3.05, 3.63) is 144 Å².